The number of hydrogen-bond donors (Lipinski definition) is 0. The van der Waals surface area contributed by atoms with Crippen molar-refractivity contribution in [3.8, 4) is 0 Å². The zero-order valence-electron chi connectivity index (χ0n) is 16.1. The van der Waals surface area contributed by atoms with Crippen LogP contribution < -0.4 is 0 Å². The van der Waals surface area contributed by atoms with Crippen molar-refractivity contribution in [1.82, 2.24) is 14.5 Å². The number of ether oxygens (including phenoxy) is 1. The highest BCUT2D eigenvalue weighted by Gasteiger charge is 2.35. The Bertz CT molecular complexity index is 1050. The van der Waals surface area contributed by atoms with E-state index in [4.69, 9.17) is 4.74 Å². The predicted octanol–water partition coefficient (Wildman–Crippen LogP) is 4.48. The lowest BCUT2D eigenvalue weighted by atomic mass is 9.93. The van der Waals surface area contributed by atoms with Gasteiger partial charge in [-0.15, -0.1) is 0 Å². The molecular weight excluding hydrogens is 386 g/mol. The third-order valence-corrected chi connectivity index (χ3v) is 5.38. The molecule has 29 heavy (non-hydrogen) atoms. The number of benzene rings is 2. The number of halogens is 4. The van der Waals surface area contributed by atoms with Crippen LogP contribution in [0.25, 0.3) is 11.0 Å². The molecule has 4 rings (SSSR count). The summed E-state index contributed by atoms with van der Waals surface area (Å²) in [5, 5.41) is 0. The van der Waals surface area contributed by atoms with Gasteiger partial charge in [0.1, 0.15) is 11.4 Å². The van der Waals surface area contributed by atoms with Crippen molar-refractivity contribution in [1.29, 1.82) is 0 Å². The second-order valence-corrected chi connectivity index (χ2v) is 7.69. The molecule has 2 aromatic carbocycles. The largest absolute Gasteiger partial charge is 0.416 e. The predicted molar refractivity (Wildman–Crippen MR) is 101 cm³/mol. The highest BCUT2D eigenvalue weighted by Crippen LogP contribution is 2.33. The highest BCUT2D eigenvalue weighted by molar-refractivity contribution is 5.76. The molecule has 1 saturated heterocycles. The Morgan fingerprint density at radius 2 is 1.97 bits per heavy atom. The third-order valence-electron chi connectivity index (χ3n) is 5.38. The fourth-order valence-electron chi connectivity index (χ4n) is 3.88. The summed E-state index contributed by atoms with van der Waals surface area (Å²) < 4.78 is 60.7. The van der Waals surface area contributed by atoms with E-state index in [1.165, 1.54) is 0 Å². The van der Waals surface area contributed by atoms with Crippen molar-refractivity contribution >= 4 is 11.0 Å². The zero-order valence-corrected chi connectivity index (χ0v) is 16.1. The van der Waals surface area contributed by atoms with Crippen molar-refractivity contribution in [3.05, 3.63) is 65.2 Å². The molecule has 1 aromatic heterocycles. The van der Waals surface area contributed by atoms with E-state index in [0.29, 0.717) is 31.3 Å². The SMILES string of the molecule is Cn1cnc2ccc(C3(C)CN(Cc4cc(F)cc(C(F)(F)F)c4)CCO3)cc21. The molecule has 8 heteroatoms. The molecule has 1 aliphatic rings. The Balaban J connectivity index is 1.58. The average molecular weight is 407 g/mol. The Labute approximate surface area is 165 Å². The molecule has 0 N–H and O–H groups in total. The lowest BCUT2D eigenvalue weighted by Gasteiger charge is -2.41. The third kappa shape index (κ3) is 4.00. The van der Waals surface area contributed by atoms with Crippen LogP contribution in [0.15, 0.2) is 42.7 Å². The van der Waals surface area contributed by atoms with E-state index in [1.54, 1.807) is 6.33 Å². The molecule has 0 bridgehead atoms. The molecule has 1 fully saturated rings. The molecule has 0 spiro atoms. The number of alkyl halides is 3. The Kier molecular flexibility index (Phi) is 4.86. The maximum absolute atomic E-state index is 13.7. The standard InChI is InChI=1S/C21H21F4N3O/c1-20(15-3-4-18-19(10-15)27(2)13-26-18)12-28(5-6-29-20)11-14-7-16(21(23,24)25)9-17(22)8-14/h3-4,7-10,13H,5-6,11-12H2,1-2H3. The van der Waals surface area contributed by atoms with Gasteiger partial charge in [-0.25, -0.2) is 9.37 Å². The minimum atomic E-state index is -4.57. The summed E-state index contributed by atoms with van der Waals surface area (Å²) in [6.45, 7) is 3.65. The summed E-state index contributed by atoms with van der Waals surface area (Å²) in [5.41, 5.74) is 1.52. The molecule has 1 unspecified atom stereocenters. The number of aromatic nitrogens is 2. The molecule has 154 valence electrons. The van der Waals surface area contributed by atoms with Gasteiger partial charge in [0.2, 0.25) is 0 Å². The first-order valence-corrected chi connectivity index (χ1v) is 9.29. The summed E-state index contributed by atoms with van der Waals surface area (Å²) in [7, 11) is 1.91. The van der Waals surface area contributed by atoms with Crippen molar-refractivity contribution in [2.75, 3.05) is 19.7 Å². The van der Waals surface area contributed by atoms with Gasteiger partial charge in [-0.05, 0) is 48.4 Å². The molecule has 0 radical (unpaired) electrons. The molecule has 4 nitrogen and oxygen atoms in total. The van der Waals surface area contributed by atoms with Crippen molar-refractivity contribution in [2.24, 2.45) is 7.05 Å². The van der Waals surface area contributed by atoms with E-state index in [1.807, 2.05) is 41.6 Å². The van der Waals surface area contributed by atoms with Crippen LogP contribution in [0.5, 0.6) is 0 Å². The Morgan fingerprint density at radius 1 is 1.17 bits per heavy atom. The molecule has 2 heterocycles. The molecule has 0 saturated carbocycles. The Morgan fingerprint density at radius 3 is 2.72 bits per heavy atom. The molecule has 3 aromatic rings. The minimum Gasteiger partial charge on any atom is -0.368 e. The minimum absolute atomic E-state index is 0.216. The number of rotatable bonds is 3. The van der Waals surface area contributed by atoms with E-state index in [-0.39, 0.29) is 6.54 Å². The fourth-order valence-corrected chi connectivity index (χ4v) is 3.88. The summed E-state index contributed by atoms with van der Waals surface area (Å²) >= 11 is 0. The Hall–Kier alpha value is -2.45. The van der Waals surface area contributed by atoms with Crippen molar-refractivity contribution < 1.29 is 22.3 Å². The molecular formula is C21H21F4N3O. The first kappa shape index (κ1) is 19.8. The van der Waals surface area contributed by atoms with Gasteiger partial charge in [0.05, 0.1) is 29.5 Å². The van der Waals surface area contributed by atoms with Gasteiger partial charge in [0.15, 0.2) is 0 Å². The molecule has 0 amide bonds. The van der Waals surface area contributed by atoms with Crippen LogP contribution >= 0.6 is 0 Å². The number of nitrogens with zero attached hydrogens (tertiary/aromatic N) is 3. The molecule has 1 atom stereocenters. The number of morpholine rings is 1. The molecule has 1 aliphatic heterocycles. The van der Waals surface area contributed by atoms with Crippen LogP contribution in [0, 0.1) is 5.82 Å². The lowest BCUT2D eigenvalue weighted by Crippen LogP contribution is -2.47. The van der Waals surface area contributed by atoms with Gasteiger partial charge >= 0.3 is 6.18 Å². The topological polar surface area (TPSA) is 30.3 Å². The van der Waals surface area contributed by atoms with Crippen LogP contribution in [-0.2, 0) is 30.1 Å². The normalized spacial score (nSPS) is 21.0. The van der Waals surface area contributed by atoms with E-state index in [9.17, 15) is 17.6 Å². The van der Waals surface area contributed by atoms with E-state index >= 15 is 0 Å². The zero-order chi connectivity index (χ0) is 20.8. The first-order valence-electron chi connectivity index (χ1n) is 9.29. The average Bonchev–Trinajstić information content (AvgIpc) is 3.01. The maximum Gasteiger partial charge on any atom is 0.416 e. The second kappa shape index (κ2) is 7.11. The van der Waals surface area contributed by atoms with Gasteiger partial charge in [-0.2, -0.15) is 13.2 Å². The van der Waals surface area contributed by atoms with E-state index in [0.717, 1.165) is 28.7 Å². The summed E-state index contributed by atoms with van der Waals surface area (Å²) in [4.78, 5) is 6.31. The monoisotopic (exact) mass is 407 g/mol. The van der Waals surface area contributed by atoms with Crippen LogP contribution in [-0.4, -0.2) is 34.1 Å². The van der Waals surface area contributed by atoms with Crippen LogP contribution in [0.2, 0.25) is 0 Å². The molecule has 0 aliphatic carbocycles. The second-order valence-electron chi connectivity index (χ2n) is 7.69. The smallest absolute Gasteiger partial charge is 0.368 e. The van der Waals surface area contributed by atoms with Crippen LogP contribution in [0.1, 0.15) is 23.6 Å². The fraction of sp³-hybridized carbons (Fsp3) is 0.381. The number of fused-ring (bicyclic) bond motifs is 1. The first-order chi connectivity index (χ1) is 13.6. The number of imidazole rings is 1. The van der Waals surface area contributed by atoms with Gasteiger partial charge in [-0.3, -0.25) is 4.90 Å². The van der Waals surface area contributed by atoms with E-state index in [2.05, 4.69) is 4.98 Å². The van der Waals surface area contributed by atoms with Gasteiger partial charge in [0.25, 0.3) is 0 Å². The number of aryl methyl sites for hydroxylation is 1. The van der Waals surface area contributed by atoms with Gasteiger partial charge < -0.3 is 9.30 Å². The van der Waals surface area contributed by atoms with Gasteiger partial charge in [-0.1, -0.05) is 6.07 Å². The van der Waals surface area contributed by atoms with Crippen molar-refractivity contribution in [3.63, 3.8) is 0 Å². The summed E-state index contributed by atoms with van der Waals surface area (Å²) in [6.07, 6.45) is -2.83. The summed E-state index contributed by atoms with van der Waals surface area (Å²) in [5.74, 6) is -0.882. The van der Waals surface area contributed by atoms with Crippen LogP contribution in [0.4, 0.5) is 17.6 Å². The summed E-state index contributed by atoms with van der Waals surface area (Å²) in [6, 6.07) is 8.61. The van der Waals surface area contributed by atoms with Crippen molar-refractivity contribution in [2.45, 2.75) is 25.2 Å². The maximum atomic E-state index is 13.7. The van der Waals surface area contributed by atoms with Crippen LogP contribution in [0.3, 0.4) is 0 Å². The van der Waals surface area contributed by atoms with Gasteiger partial charge in [0, 0.05) is 26.7 Å². The number of hydrogen-bond acceptors (Lipinski definition) is 3. The van der Waals surface area contributed by atoms with E-state index < -0.39 is 23.2 Å². The lowest BCUT2D eigenvalue weighted by molar-refractivity contribution is -0.137. The quantitative estimate of drug-likeness (QED) is 0.600. The highest BCUT2D eigenvalue weighted by atomic mass is 19.4.